The fraction of sp³-hybridized carbons (Fsp3) is 0.294. The van der Waals surface area contributed by atoms with Gasteiger partial charge in [0.2, 0.25) is 12.3 Å². The van der Waals surface area contributed by atoms with Gasteiger partial charge in [-0.1, -0.05) is 24.3 Å². The highest BCUT2D eigenvalue weighted by molar-refractivity contribution is 6.16. The lowest BCUT2D eigenvalue weighted by Gasteiger charge is -2.29. The number of amidine groups is 1. The summed E-state index contributed by atoms with van der Waals surface area (Å²) in [5.41, 5.74) is 11.4. The van der Waals surface area contributed by atoms with E-state index in [2.05, 4.69) is 22.3 Å². The molecular weight excluding hydrogens is 540 g/mol. The standard InChI is InChI=1S/C34H40N6O3/c1-22-18-25(37-31(41)12-9-17-38(5)26-13-14-26)21-27(19-22)39-33(36-4)32(24(3)35)40(34(39)42)30-16-15-29(20-23(30)2)43-28-10-7-6-8-11-28/h6-12,15-16,18-21,26,34,42H,13-14,17,35H2,1-5H3,(H,37,41)/b12-9+,32-24-,36-33+. The number of carbonyl (C=O) groups excluding carboxylic acids is 1. The van der Waals surface area contributed by atoms with E-state index in [0.717, 1.165) is 29.1 Å². The molecule has 2 aliphatic rings. The molecule has 9 nitrogen and oxygen atoms in total. The van der Waals surface area contributed by atoms with Gasteiger partial charge >= 0.3 is 0 Å². The number of nitrogens with two attached hydrogens (primary N) is 1. The lowest BCUT2D eigenvalue weighted by Crippen LogP contribution is -2.40. The minimum atomic E-state index is -1.14. The zero-order chi connectivity index (χ0) is 30.7. The number of hydrogen-bond donors (Lipinski definition) is 3. The number of amides is 1. The van der Waals surface area contributed by atoms with Crippen LogP contribution < -0.4 is 25.6 Å². The maximum atomic E-state index is 12.7. The Labute approximate surface area is 253 Å². The summed E-state index contributed by atoms with van der Waals surface area (Å²) in [5.74, 6) is 1.73. The van der Waals surface area contributed by atoms with Gasteiger partial charge in [-0.25, -0.2) is 0 Å². The van der Waals surface area contributed by atoms with E-state index in [1.165, 1.54) is 12.8 Å². The van der Waals surface area contributed by atoms with Gasteiger partial charge in [-0.05, 0) is 100 Å². The van der Waals surface area contributed by atoms with E-state index in [1.807, 2.05) is 86.7 Å². The number of benzene rings is 3. The first-order chi connectivity index (χ1) is 20.7. The van der Waals surface area contributed by atoms with Crippen molar-refractivity contribution in [1.29, 1.82) is 0 Å². The second-order valence-corrected chi connectivity index (χ2v) is 11.1. The zero-order valence-electron chi connectivity index (χ0n) is 25.4. The van der Waals surface area contributed by atoms with Crippen LogP contribution in [0.25, 0.3) is 0 Å². The molecule has 4 N–H and O–H groups in total. The van der Waals surface area contributed by atoms with E-state index in [9.17, 15) is 9.90 Å². The number of hydrogen-bond acceptors (Lipinski definition) is 7. The number of para-hydroxylation sites is 1. The van der Waals surface area contributed by atoms with Gasteiger partial charge < -0.3 is 20.9 Å². The van der Waals surface area contributed by atoms with Crippen LogP contribution in [0.5, 0.6) is 11.5 Å². The minimum absolute atomic E-state index is 0.208. The zero-order valence-corrected chi connectivity index (χ0v) is 25.4. The molecule has 1 amide bonds. The molecule has 43 heavy (non-hydrogen) atoms. The fourth-order valence-corrected chi connectivity index (χ4v) is 5.38. The lowest BCUT2D eigenvalue weighted by atomic mass is 10.1. The number of nitrogens with one attached hydrogen (secondary N) is 1. The number of rotatable bonds is 9. The van der Waals surface area contributed by atoms with Crippen molar-refractivity contribution in [3.8, 4) is 11.5 Å². The van der Waals surface area contributed by atoms with Crippen molar-refractivity contribution >= 4 is 28.8 Å². The average Bonchev–Trinajstić information content (AvgIpc) is 3.77. The van der Waals surface area contributed by atoms with Gasteiger partial charge in [-0.3, -0.25) is 24.5 Å². The van der Waals surface area contributed by atoms with E-state index in [1.54, 1.807) is 29.8 Å². The lowest BCUT2D eigenvalue weighted by molar-refractivity contribution is -0.111. The van der Waals surface area contributed by atoms with Crippen LogP contribution in [0.4, 0.5) is 17.1 Å². The molecule has 3 aromatic rings. The maximum Gasteiger partial charge on any atom is 0.248 e. The molecule has 1 aliphatic heterocycles. The predicted molar refractivity (Wildman–Crippen MR) is 174 cm³/mol. The second-order valence-electron chi connectivity index (χ2n) is 11.1. The number of allylic oxidation sites excluding steroid dienone is 1. The Morgan fingerprint density at radius 3 is 2.49 bits per heavy atom. The smallest absolute Gasteiger partial charge is 0.248 e. The van der Waals surface area contributed by atoms with Crippen LogP contribution in [0.1, 0.15) is 30.9 Å². The van der Waals surface area contributed by atoms with Crippen molar-refractivity contribution in [3.63, 3.8) is 0 Å². The minimum Gasteiger partial charge on any atom is -0.457 e. The van der Waals surface area contributed by atoms with Crippen molar-refractivity contribution < 1.29 is 14.6 Å². The third-order valence-corrected chi connectivity index (χ3v) is 7.58. The molecule has 1 heterocycles. The molecule has 0 radical (unpaired) electrons. The number of nitrogens with zero attached hydrogens (tertiary/aromatic N) is 4. The van der Waals surface area contributed by atoms with Crippen LogP contribution in [-0.4, -0.2) is 54.8 Å². The number of aliphatic hydroxyl groups excluding tert-OH is 1. The van der Waals surface area contributed by atoms with Gasteiger partial charge in [0.25, 0.3) is 0 Å². The molecule has 0 bridgehead atoms. The second kappa shape index (κ2) is 12.7. The first-order valence-electron chi connectivity index (χ1n) is 14.5. The number of aliphatic hydroxyl groups is 1. The number of aryl methyl sites for hydroxylation is 2. The summed E-state index contributed by atoms with van der Waals surface area (Å²) in [5, 5.41) is 14.8. The van der Waals surface area contributed by atoms with Crippen LogP contribution in [0.15, 0.2) is 95.3 Å². The third-order valence-electron chi connectivity index (χ3n) is 7.58. The van der Waals surface area contributed by atoms with Crippen LogP contribution in [0.3, 0.4) is 0 Å². The van der Waals surface area contributed by atoms with Gasteiger partial charge in [-0.2, -0.15) is 0 Å². The van der Waals surface area contributed by atoms with Crippen LogP contribution in [-0.2, 0) is 4.79 Å². The first kappa shape index (κ1) is 29.9. The van der Waals surface area contributed by atoms with Crippen LogP contribution in [0, 0.1) is 13.8 Å². The van der Waals surface area contributed by atoms with Crippen LogP contribution >= 0.6 is 0 Å². The number of carbonyl (C=O) groups is 1. The molecule has 0 spiro atoms. The van der Waals surface area contributed by atoms with E-state index in [0.29, 0.717) is 40.4 Å². The molecule has 2 fully saturated rings. The molecule has 1 atom stereocenters. The highest BCUT2D eigenvalue weighted by Crippen LogP contribution is 2.39. The van der Waals surface area contributed by atoms with Gasteiger partial charge in [0.05, 0.1) is 0 Å². The summed E-state index contributed by atoms with van der Waals surface area (Å²) in [4.78, 5) is 23.0. The Hall–Kier alpha value is -4.60. The molecule has 9 heteroatoms. The Balaban J connectivity index is 1.41. The number of likely N-dealkylation sites (N-methyl/N-ethyl adjacent to an activating group) is 1. The summed E-state index contributed by atoms with van der Waals surface area (Å²) in [6, 6.07) is 21.6. The Kier molecular flexibility index (Phi) is 8.84. The predicted octanol–water partition coefficient (Wildman–Crippen LogP) is 5.51. The van der Waals surface area contributed by atoms with E-state index < -0.39 is 6.35 Å². The molecule has 5 rings (SSSR count). The number of aliphatic imine (C=N–C) groups is 1. The van der Waals surface area contributed by atoms with E-state index in [-0.39, 0.29) is 5.91 Å². The summed E-state index contributed by atoms with van der Waals surface area (Å²) in [6.07, 6.45) is 4.75. The molecule has 1 unspecified atom stereocenters. The molecule has 1 saturated carbocycles. The third kappa shape index (κ3) is 6.74. The van der Waals surface area contributed by atoms with Crippen LogP contribution in [0.2, 0.25) is 0 Å². The summed E-state index contributed by atoms with van der Waals surface area (Å²) < 4.78 is 6.02. The average molecular weight is 581 g/mol. The quantitative estimate of drug-likeness (QED) is 0.287. The normalized spacial score (nSPS) is 19.0. The Morgan fingerprint density at radius 1 is 1.09 bits per heavy atom. The molecule has 224 valence electrons. The molecule has 1 saturated heterocycles. The highest BCUT2D eigenvalue weighted by atomic mass is 16.5. The SMILES string of the molecule is C/N=C1\C(=C(/C)N)N(c2ccc(Oc3ccccc3)cc2C)C(O)N1c1cc(C)cc(NC(=O)/C=C/CN(C)C2CC2)c1. The molecule has 1 aliphatic carbocycles. The summed E-state index contributed by atoms with van der Waals surface area (Å²) in [6.45, 7) is 6.44. The van der Waals surface area contributed by atoms with E-state index >= 15 is 0 Å². The van der Waals surface area contributed by atoms with Gasteiger partial charge in [-0.15, -0.1) is 0 Å². The fourth-order valence-electron chi connectivity index (χ4n) is 5.38. The molecular formula is C34H40N6O3. The Bertz CT molecular complexity index is 1570. The first-order valence-corrected chi connectivity index (χ1v) is 14.5. The maximum absolute atomic E-state index is 12.7. The van der Waals surface area contributed by atoms with Gasteiger partial charge in [0.1, 0.15) is 17.2 Å². The van der Waals surface area contributed by atoms with Crippen molar-refractivity contribution in [3.05, 3.63) is 101 Å². The number of anilines is 3. The van der Waals surface area contributed by atoms with Crippen molar-refractivity contribution in [2.75, 3.05) is 35.8 Å². The molecule has 3 aromatic carbocycles. The van der Waals surface area contributed by atoms with Crippen molar-refractivity contribution in [1.82, 2.24) is 4.90 Å². The van der Waals surface area contributed by atoms with Crippen molar-refractivity contribution in [2.45, 2.75) is 46.0 Å². The monoisotopic (exact) mass is 580 g/mol. The van der Waals surface area contributed by atoms with Crippen molar-refractivity contribution in [2.24, 2.45) is 10.7 Å². The van der Waals surface area contributed by atoms with Gasteiger partial charge in [0.15, 0.2) is 5.84 Å². The van der Waals surface area contributed by atoms with E-state index in [4.69, 9.17) is 10.5 Å². The summed E-state index contributed by atoms with van der Waals surface area (Å²) in [7, 11) is 3.75. The molecule has 0 aromatic heterocycles. The topological polar surface area (TPSA) is 107 Å². The summed E-state index contributed by atoms with van der Waals surface area (Å²) >= 11 is 0. The largest absolute Gasteiger partial charge is 0.457 e. The number of ether oxygens (including phenoxy) is 1. The van der Waals surface area contributed by atoms with Gasteiger partial charge in [0, 0.05) is 48.5 Å². The highest BCUT2D eigenvalue weighted by Gasteiger charge is 2.42. The Morgan fingerprint density at radius 2 is 1.84 bits per heavy atom.